The van der Waals surface area contributed by atoms with E-state index in [-0.39, 0.29) is 18.9 Å². The molecule has 28 heavy (non-hydrogen) atoms. The average Bonchev–Trinajstić information content (AvgIpc) is 2.92. The van der Waals surface area contributed by atoms with Crippen LogP contribution in [0.1, 0.15) is 23.7 Å². The van der Waals surface area contributed by atoms with Gasteiger partial charge < -0.3 is 19.8 Å². The van der Waals surface area contributed by atoms with E-state index in [1.54, 1.807) is 6.92 Å². The van der Waals surface area contributed by atoms with Gasteiger partial charge in [-0.15, -0.1) is 0 Å². The molecule has 0 aliphatic rings. The van der Waals surface area contributed by atoms with Crippen LogP contribution in [0.5, 0.6) is 5.75 Å². The molecule has 1 heterocycles. The molecule has 2 N–H and O–H groups in total. The summed E-state index contributed by atoms with van der Waals surface area (Å²) in [5, 5.41) is 0.897. The molecule has 0 unspecified atom stereocenters. The van der Waals surface area contributed by atoms with Crippen molar-refractivity contribution in [3.8, 4) is 5.75 Å². The number of carbonyl (C=O) groups is 2. The number of benzene rings is 2. The smallest absolute Gasteiger partial charge is 0.344 e. The van der Waals surface area contributed by atoms with Crippen molar-refractivity contribution < 1.29 is 19.1 Å². The summed E-state index contributed by atoms with van der Waals surface area (Å²) in [5.41, 5.74) is 9.49. The molecule has 6 nitrogen and oxygen atoms in total. The standard InChI is InChI=1S/C22H24N2O4/c1-3-27-22(26)14-28-17-9-10-20-19(11-17)18(12-21(23)25)15(2)24(20)13-16-7-5-4-6-8-16/h4-11H,3,12-14H2,1-2H3,(H2,23,25). The zero-order valence-corrected chi connectivity index (χ0v) is 16.1. The van der Waals surface area contributed by atoms with Crippen molar-refractivity contribution >= 4 is 22.8 Å². The Labute approximate surface area is 163 Å². The van der Waals surface area contributed by atoms with Crippen molar-refractivity contribution in [3.05, 3.63) is 65.4 Å². The highest BCUT2D eigenvalue weighted by molar-refractivity contribution is 5.91. The molecule has 1 aromatic heterocycles. The Bertz CT molecular complexity index is 993. The van der Waals surface area contributed by atoms with Crippen LogP contribution in [-0.2, 0) is 27.3 Å². The van der Waals surface area contributed by atoms with E-state index in [1.807, 2.05) is 43.3 Å². The monoisotopic (exact) mass is 380 g/mol. The molecule has 0 atom stereocenters. The third-order valence-electron chi connectivity index (χ3n) is 4.62. The third-order valence-corrected chi connectivity index (χ3v) is 4.62. The first-order chi connectivity index (χ1) is 13.5. The number of fused-ring (bicyclic) bond motifs is 1. The van der Waals surface area contributed by atoms with Crippen LogP contribution in [0.4, 0.5) is 0 Å². The van der Waals surface area contributed by atoms with Crippen molar-refractivity contribution in [1.29, 1.82) is 0 Å². The predicted octanol–water partition coefficient (Wildman–Crippen LogP) is 2.97. The highest BCUT2D eigenvalue weighted by Gasteiger charge is 2.17. The Morgan fingerprint density at radius 3 is 2.54 bits per heavy atom. The molecule has 0 radical (unpaired) electrons. The van der Waals surface area contributed by atoms with Crippen LogP contribution in [0.15, 0.2) is 48.5 Å². The second-order valence-corrected chi connectivity index (χ2v) is 6.55. The summed E-state index contributed by atoms with van der Waals surface area (Å²) in [6.07, 6.45) is 0.144. The number of nitrogens with zero attached hydrogens (tertiary/aromatic N) is 1. The lowest BCUT2D eigenvalue weighted by Crippen LogP contribution is -2.15. The molecule has 0 aliphatic heterocycles. The molecule has 0 spiro atoms. The number of rotatable bonds is 8. The molecular formula is C22H24N2O4. The lowest BCUT2D eigenvalue weighted by atomic mass is 10.1. The number of amides is 1. The number of hydrogen-bond acceptors (Lipinski definition) is 4. The highest BCUT2D eigenvalue weighted by Crippen LogP contribution is 2.30. The molecule has 0 bridgehead atoms. The Hall–Kier alpha value is -3.28. The summed E-state index contributed by atoms with van der Waals surface area (Å²) in [7, 11) is 0. The first kappa shape index (κ1) is 19.5. The maximum absolute atomic E-state index is 11.6. The van der Waals surface area contributed by atoms with E-state index < -0.39 is 5.97 Å². The van der Waals surface area contributed by atoms with E-state index in [0.29, 0.717) is 18.9 Å². The molecule has 0 aliphatic carbocycles. The fourth-order valence-electron chi connectivity index (χ4n) is 3.33. The van der Waals surface area contributed by atoms with Gasteiger partial charge in [-0.25, -0.2) is 4.79 Å². The molecular weight excluding hydrogens is 356 g/mol. The van der Waals surface area contributed by atoms with Gasteiger partial charge in [0.25, 0.3) is 0 Å². The van der Waals surface area contributed by atoms with E-state index in [4.69, 9.17) is 15.2 Å². The maximum atomic E-state index is 11.6. The molecule has 1 amide bonds. The summed E-state index contributed by atoms with van der Waals surface area (Å²) < 4.78 is 12.6. The van der Waals surface area contributed by atoms with Gasteiger partial charge in [0.1, 0.15) is 5.75 Å². The van der Waals surface area contributed by atoms with Gasteiger partial charge in [0.2, 0.25) is 5.91 Å². The van der Waals surface area contributed by atoms with E-state index in [2.05, 4.69) is 16.7 Å². The van der Waals surface area contributed by atoms with Crippen molar-refractivity contribution in [1.82, 2.24) is 4.57 Å². The third kappa shape index (κ3) is 4.34. The van der Waals surface area contributed by atoms with Gasteiger partial charge in [-0.1, -0.05) is 30.3 Å². The van der Waals surface area contributed by atoms with Crippen LogP contribution in [0.25, 0.3) is 10.9 Å². The van der Waals surface area contributed by atoms with Gasteiger partial charge in [-0.05, 0) is 43.2 Å². The summed E-state index contributed by atoms with van der Waals surface area (Å²) in [6.45, 7) is 4.57. The minimum absolute atomic E-state index is 0.144. The Morgan fingerprint density at radius 1 is 1.11 bits per heavy atom. The maximum Gasteiger partial charge on any atom is 0.344 e. The minimum atomic E-state index is -0.419. The number of aromatic nitrogens is 1. The van der Waals surface area contributed by atoms with E-state index in [0.717, 1.165) is 27.7 Å². The fourth-order valence-corrected chi connectivity index (χ4v) is 3.33. The molecule has 0 saturated heterocycles. The van der Waals surface area contributed by atoms with Gasteiger partial charge in [0.05, 0.1) is 13.0 Å². The average molecular weight is 380 g/mol. The highest BCUT2D eigenvalue weighted by atomic mass is 16.6. The van der Waals surface area contributed by atoms with Crippen LogP contribution in [-0.4, -0.2) is 29.7 Å². The van der Waals surface area contributed by atoms with Gasteiger partial charge in [0.15, 0.2) is 6.61 Å². The van der Waals surface area contributed by atoms with E-state index in [1.165, 1.54) is 0 Å². The van der Waals surface area contributed by atoms with Crippen LogP contribution in [0, 0.1) is 6.92 Å². The number of esters is 1. The zero-order chi connectivity index (χ0) is 20.1. The number of ether oxygens (including phenoxy) is 2. The summed E-state index contributed by atoms with van der Waals surface area (Å²) in [4.78, 5) is 23.2. The molecule has 146 valence electrons. The zero-order valence-electron chi connectivity index (χ0n) is 16.1. The van der Waals surface area contributed by atoms with Crippen molar-refractivity contribution in [2.75, 3.05) is 13.2 Å². The minimum Gasteiger partial charge on any atom is -0.482 e. The Kier molecular flexibility index (Phi) is 5.99. The van der Waals surface area contributed by atoms with Gasteiger partial charge in [0, 0.05) is 23.1 Å². The first-order valence-electron chi connectivity index (χ1n) is 9.22. The normalized spacial score (nSPS) is 10.8. The predicted molar refractivity (Wildman–Crippen MR) is 107 cm³/mol. The Morgan fingerprint density at radius 2 is 1.86 bits per heavy atom. The summed E-state index contributed by atoms with van der Waals surface area (Å²) in [5.74, 6) is -0.263. The summed E-state index contributed by atoms with van der Waals surface area (Å²) >= 11 is 0. The Balaban J connectivity index is 1.98. The van der Waals surface area contributed by atoms with Crippen LogP contribution >= 0.6 is 0 Å². The van der Waals surface area contributed by atoms with Crippen molar-refractivity contribution in [2.24, 2.45) is 5.73 Å². The second-order valence-electron chi connectivity index (χ2n) is 6.55. The molecule has 6 heteroatoms. The first-order valence-corrected chi connectivity index (χ1v) is 9.22. The largest absolute Gasteiger partial charge is 0.482 e. The van der Waals surface area contributed by atoms with Gasteiger partial charge >= 0.3 is 5.97 Å². The fraction of sp³-hybridized carbons (Fsp3) is 0.273. The lowest BCUT2D eigenvalue weighted by Gasteiger charge is -2.09. The lowest BCUT2D eigenvalue weighted by molar-refractivity contribution is -0.145. The number of hydrogen-bond donors (Lipinski definition) is 1. The van der Waals surface area contributed by atoms with Gasteiger partial charge in [-0.3, -0.25) is 4.79 Å². The molecule has 3 aromatic rings. The topological polar surface area (TPSA) is 83.6 Å². The molecule has 0 saturated carbocycles. The second kappa shape index (κ2) is 8.61. The SMILES string of the molecule is CCOC(=O)COc1ccc2c(c1)c(CC(N)=O)c(C)n2Cc1ccccc1. The molecule has 2 aromatic carbocycles. The van der Waals surface area contributed by atoms with Crippen molar-refractivity contribution in [3.63, 3.8) is 0 Å². The summed E-state index contributed by atoms with van der Waals surface area (Å²) in [6, 6.07) is 15.7. The number of carbonyl (C=O) groups excluding carboxylic acids is 2. The quantitative estimate of drug-likeness (QED) is 0.609. The van der Waals surface area contributed by atoms with Crippen LogP contribution < -0.4 is 10.5 Å². The van der Waals surface area contributed by atoms with Crippen LogP contribution in [0.3, 0.4) is 0 Å². The molecule has 0 fully saturated rings. The molecule has 3 rings (SSSR count). The van der Waals surface area contributed by atoms with Crippen molar-refractivity contribution in [2.45, 2.75) is 26.8 Å². The van der Waals surface area contributed by atoms with E-state index in [9.17, 15) is 9.59 Å². The van der Waals surface area contributed by atoms with Crippen LogP contribution in [0.2, 0.25) is 0 Å². The number of nitrogens with two attached hydrogens (primary N) is 1. The van der Waals surface area contributed by atoms with Gasteiger partial charge in [-0.2, -0.15) is 0 Å². The van der Waals surface area contributed by atoms with E-state index >= 15 is 0 Å². The number of primary amides is 1.